The first-order valence-corrected chi connectivity index (χ1v) is 12.3. The summed E-state index contributed by atoms with van der Waals surface area (Å²) in [6, 6.07) is 9.05. The molecule has 1 atom stereocenters. The van der Waals surface area contributed by atoms with Gasteiger partial charge in [-0.15, -0.1) is 0 Å². The number of methoxy groups -OCH3 is 1. The molecule has 3 aliphatic heterocycles. The third kappa shape index (κ3) is 4.62. The van der Waals surface area contributed by atoms with Crippen molar-refractivity contribution in [1.29, 1.82) is 0 Å². The molecule has 2 saturated heterocycles. The van der Waals surface area contributed by atoms with Gasteiger partial charge in [-0.1, -0.05) is 12.1 Å². The number of aryl methyl sites for hydroxylation is 1. The molecule has 0 bridgehead atoms. The summed E-state index contributed by atoms with van der Waals surface area (Å²) < 4.78 is 11.0. The molecule has 0 amide bonds. The van der Waals surface area contributed by atoms with Crippen LogP contribution in [0.4, 0.5) is 5.82 Å². The molecule has 1 aromatic heterocycles. The van der Waals surface area contributed by atoms with Crippen LogP contribution in [0.1, 0.15) is 60.7 Å². The molecule has 172 valence electrons. The fraction of sp³-hybridized carbons (Fsp3) is 0.615. The molecule has 1 unspecified atom stereocenters. The number of rotatable bonds is 5. The van der Waals surface area contributed by atoms with Crippen molar-refractivity contribution in [2.45, 2.75) is 64.0 Å². The summed E-state index contributed by atoms with van der Waals surface area (Å²) in [6.07, 6.45) is 6.97. The number of ether oxygens (including phenoxy) is 2. The zero-order chi connectivity index (χ0) is 21.9. The van der Waals surface area contributed by atoms with Gasteiger partial charge in [0.25, 0.3) is 0 Å². The van der Waals surface area contributed by atoms with Crippen LogP contribution in [0.25, 0.3) is 0 Å². The number of likely N-dealkylation sites (tertiary alicyclic amines) is 1. The summed E-state index contributed by atoms with van der Waals surface area (Å²) in [4.78, 5) is 15.4. The number of aromatic nitrogens is 2. The van der Waals surface area contributed by atoms with E-state index in [4.69, 9.17) is 19.4 Å². The summed E-state index contributed by atoms with van der Waals surface area (Å²) in [6.45, 7) is 8.17. The molecule has 1 aromatic carbocycles. The summed E-state index contributed by atoms with van der Waals surface area (Å²) in [5, 5.41) is 0. The van der Waals surface area contributed by atoms with E-state index in [-0.39, 0.29) is 0 Å². The van der Waals surface area contributed by atoms with E-state index in [2.05, 4.69) is 34.9 Å². The molecule has 0 aliphatic carbocycles. The quantitative estimate of drug-likeness (QED) is 0.703. The largest absolute Gasteiger partial charge is 0.497 e. The predicted molar refractivity (Wildman–Crippen MR) is 127 cm³/mol. The lowest BCUT2D eigenvalue weighted by Gasteiger charge is -2.40. The second-order valence-electron chi connectivity index (χ2n) is 9.52. The highest BCUT2D eigenvalue weighted by molar-refractivity contribution is 5.52. The van der Waals surface area contributed by atoms with E-state index in [0.29, 0.717) is 12.0 Å². The summed E-state index contributed by atoms with van der Waals surface area (Å²) >= 11 is 0. The van der Waals surface area contributed by atoms with Gasteiger partial charge < -0.3 is 14.4 Å². The molecular formula is C26H36N4O2. The van der Waals surface area contributed by atoms with Gasteiger partial charge in [0.05, 0.1) is 7.11 Å². The molecule has 4 heterocycles. The van der Waals surface area contributed by atoms with Crippen LogP contribution in [0.5, 0.6) is 5.75 Å². The highest BCUT2D eigenvalue weighted by atomic mass is 16.5. The third-order valence-electron chi connectivity index (χ3n) is 7.40. The minimum atomic E-state index is 0.427. The topological polar surface area (TPSA) is 50.7 Å². The first-order valence-electron chi connectivity index (χ1n) is 12.3. The number of hydrogen-bond acceptors (Lipinski definition) is 6. The summed E-state index contributed by atoms with van der Waals surface area (Å²) in [5.41, 5.74) is 3.77. The average molecular weight is 437 g/mol. The second-order valence-corrected chi connectivity index (χ2v) is 9.52. The maximum absolute atomic E-state index is 5.59. The molecule has 6 heteroatoms. The molecule has 0 saturated carbocycles. The van der Waals surface area contributed by atoms with Crippen LogP contribution in [-0.4, -0.2) is 60.9 Å². The van der Waals surface area contributed by atoms with Crippen molar-refractivity contribution in [2.75, 3.05) is 44.9 Å². The first-order chi connectivity index (χ1) is 15.7. The molecule has 32 heavy (non-hydrogen) atoms. The Kier molecular flexibility index (Phi) is 6.60. The molecule has 3 aliphatic rings. The average Bonchev–Trinajstić information content (AvgIpc) is 2.85. The molecule has 6 nitrogen and oxygen atoms in total. The minimum absolute atomic E-state index is 0.427. The zero-order valence-electron chi connectivity index (χ0n) is 19.6. The molecule has 5 rings (SSSR count). The fourth-order valence-corrected chi connectivity index (χ4v) is 5.64. The third-order valence-corrected chi connectivity index (χ3v) is 7.40. The van der Waals surface area contributed by atoms with Gasteiger partial charge in [-0.3, -0.25) is 4.90 Å². The zero-order valence-corrected chi connectivity index (χ0v) is 19.6. The number of anilines is 1. The standard InChI is InChI=1S/C26H36N4O2/c1-19-24-9-5-13-30(17-20-6-3-8-23(16-20)31-2)26(24)28-25(27-19)21-7-4-12-29(18-21)22-10-14-32-15-11-22/h3,6,8,16,21-22H,4-5,7,9-15,17-18H2,1-2H3. The van der Waals surface area contributed by atoms with Gasteiger partial charge in [0.1, 0.15) is 17.4 Å². The van der Waals surface area contributed by atoms with E-state index in [0.717, 1.165) is 75.9 Å². The van der Waals surface area contributed by atoms with E-state index in [9.17, 15) is 0 Å². The summed E-state index contributed by atoms with van der Waals surface area (Å²) in [5.74, 6) is 3.55. The normalized spacial score (nSPS) is 22.6. The van der Waals surface area contributed by atoms with E-state index in [1.54, 1.807) is 7.11 Å². The number of piperidine rings is 1. The Bertz CT molecular complexity index is 928. The Morgan fingerprint density at radius 1 is 1.09 bits per heavy atom. The van der Waals surface area contributed by atoms with Crippen molar-refractivity contribution in [1.82, 2.24) is 14.9 Å². The van der Waals surface area contributed by atoms with Crippen molar-refractivity contribution in [2.24, 2.45) is 0 Å². The number of benzene rings is 1. The minimum Gasteiger partial charge on any atom is -0.497 e. The van der Waals surface area contributed by atoms with Gasteiger partial charge in [0.15, 0.2) is 0 Å². The Morgan fingerprint density at radius 3 is 2.81 bits per heavy atom. The van der Waals surface area contributed by atoms with Gasteiger partial charge in [0.2, 0.25) is 0 Å². The van der Waals surface area contributed by atoms with Crippen molar-refractivity contribution < 1.29 is 9.47 Å². The smallest absolute Gasteiger partial charge is 0.136 e. The molecule has 0 radical (unpaired) electrons. The van der Waals surface area contributed by atoms with Crippen LogP contribution in [0.2, 0.25) is 0 Å². The number of nitrogens with zero attached hydrogens (tertiary/aromatic N) is 4. The maximum Gasteiger partial charge on any atom is 0.136 e. The number of hydrogen-bond donors (Lipinski definition) is 0. The monoisotopic (exact) mass is 436 g/mol. The Balaban J connectivity index is 1.38. The van der Waals surface area contributed by atoms with Crippen molar-refractivity contribution >= 4 is 5.82 Å². The van der Waals surface area contributed by atoms with Crippen molar-refractivity contribution in [3.63, 3.8) is 0 Å². The van der Waals surface area contributed by atoms with Crippen LogP contribution in [-0.2, 0) is 17.7 Å². The highest BCUT2D eigenvalue weighted by Crippen LogP contribution is 2.33. The molecule has 2 aromatic rings. The molecule has 0 N–H and O–H groups in total. The van der Waals surface area contributed by atoms with Crippen LogP contribution in [0.3, 0.4) is 0 Å². The Morgan fingerprint density at radius 2 is 1.97 bits per heavy atom. The Hall–Kier alpha value is -2.18. The predicted octanol–water partition coefficient (Wildman–Crippen LogP) is 4.10. The highest BCUT2D eigenvalue weighted by Gasteiger charge is 2.31. The van der Waals surface area contributed by atoms with E-state index in [1.165, 1.54) is 36.2 Å². The van der Waals surface area contributed by atoms with Gasteiger partial charge in [-0.05, 0) is 69.7 Å². The maximum atomic E-state index is 5.59. The van der Waals surface area contributed by atoms with E-state index >= 15 is 0 Å². The summed E-state index contributed by atoms with van der Waals surface area (Å²) in [7, 11) is 1.73. The van der Waals surface area contributed by atoms with E-state index < -0.39 is 0 Å². The van der Waals surface area contributed by atoms with Crippen LogP contribution >= 0.6 is 0 Å². The lowest BCUT2D eigenvalue weighted by atomic mass is 9.93. The van der Waals surface area contributed by atoms with Gasteiger partial charge >= 0.3 is 0 Å². The van der Waals surface area contributed by atoms with Gasteiger partial charge in [0, 0.05) is 56.1 Å². The van der Waals surface area contributed by atoms with Crippen LogP contribution in [0, 0.1) is 6.92 Å². The van der Waals surface area contributed by atoms with Crippen molar-refractivity contribution in [3.8, 4) is 5.75 Å². The molecular weight excluding hydrogens is 400 g/mol. The molecule has 2 fully saturated rings. The number of fused-ring (bicyclic) bond motifs is 1. The van der Waals surface area contributed by atoms with Crippen molar-refractivity contribution in [3.05, 3.63) is 46.9 Å². The van der Waals surface area contributed by atoms with Gasteiger partial charge in [-0.25, -0.2) is 9.97 Å². The van der Waals surface area contributed by atoms with E-state index in [1.807, 2.05) is 6.07 Å². The van der Waals surface area contributed by atoms with Crippen LogP contribution in [0.15, 0.2) is 24.3 Å². The molecule has 0 spiro atoms. The lowest BCUT2D eigenvalue weighted by molar-refractivity contribution is 0.0235. The Labute approximate surface area is 191 Å². The van der Waals surface area contributed by atoms with Crippen LogP contribution < -0.4 is 9.64 Å². The first kappa shape index (κ1) is 21.7. The fourth-order valence-electron chi connectivity index (χ4n) is 5.64. The lowest BCUT2D eigenvalue weighted by Crippen LogP contribution is -2.45. The van der Waals surface area contributed by atoms with Gasteiger partial charge in [-0.2, -0.15) is 0 Å². The second kappa shape index (κ2) is 9.75. The SMILES string of the molecule is COc1cccc(CN2CCCc3c(C)nc(C4CCCN(C5CCOCC5)C4)nc32)c1.